The van der Waals surface area contributed by atoms with Crippen molar-refractivity contribution in [3.8, 4) is 0 Å². The first-order chi connectivity index (χ1) is 0. The second-order valence-corrected chi connectivity index (χ2v) is 0. The SMILES string of the molecule is Cl.Cl.Cl.Cl.Cl.Cl.Cl.Cl.[Er].[H-].[K+].[Nd]. The predicted molar refractivity (Wildman–Crippen MR) is 59.1 cm³/mol. The molecule has 0 spiro atoms. The van der Waals surface area contributed by atoms with E-state index in [0.717, 1.165) is 0 Å². The molecule has 0 amide bonds. The van der Waals surface area contributed by atoms with Gasteiger partial charge in [0, 0.05) is 78.1 Å². The number of halogens is 8. The second kappa shape index (κ2) is 93.2. The zero-order chi connectivity index (χ0) is 0. The molecule has 11 heavy (non-hydrogen) atoms. The Bertz CT molecular complexity index is 19.0. The molecule has 0 fully saturated rings. The molecular formula is H9Cl8ErKNd. The van der Waals surface area contributed by atoms with E-state index in [1.165, 1.54) is 0 Å². The van der Waals surface area contributed by atoms with Gasteiger partial charge in [-0.1, -0.05) is 0 Å². The Hall–Kier alpha value is 6.55. The summed E-state index contributed by atoms with van der Waals surface area (Å²) in [5.41, 5.74) is 0. The van der Waals surface area contributed by atoms with Crippen LogP contribution in [-0.4, -0.2) is 0 Å². The van der Waals surface area contributed by atoms with Crippen molar-refractivity contribution in [2.45, 2.75) is 0 Å². The van der Waals surface area contributed by atoms with Gasteiger partial charge in [-0.2, -0.15) is 0 Å². The first kappa shape index (κ1) is 112. The molecule has 11 heteroatoms. The Kier molecular flexibility index (Phi) is 949. The minimum absolute atomic E-state index is 0. The van der Waals surface area contributed by atoms with Crippen molar-refractivity contribution < 1.29 is 131 Å². The van der Waals surface area contributed by atoms with E-state index >= 15 is 0 Å². The van der Waals surface area contributed by atoms with Gasteiger partial charge in [-0.05, 0) is 0 Å². The minimum atomic E-state index is 0. The average Bonchev–Trinajstić information content (AvgIpc) is 0. The topological polar surface area (TPSA) is 0 Å². The van der Waals surface area contributed by atoms with E-state index in [4.69, 9.17) is 0 Å². The molecular weight excluding hydrogens is 634 g/mol. The average molecular weight is 643 g/mol. The van der Waals surface area contributed by atoms with Crippen LogP contribution in [0.3, 0.4) is 0 Å². The Morgan fingerprint density at radius 3 is 0.455 bits per heavy atom. The zero-order valence-corrected chi connectivity index (χ0v) is 19.8. The van der Waals surface area contributed by atoms with Crippen molar-refractivity contribution in [2.24, 2.45) is 0 Å². The summed E-state index contributed by atoms with van der Waals surface area (Å²) in [5.74, 6) is 0. The third-order valence-corrected chi connectivity index (χ3v) is 0. The molecule has 0 atom stereocenters. The van der Waals surface area contributed by atoms with Crippen molar-refractivity contribution in [1.29, 1.82) is 0 Å². The zero-order valence-electron chi connectivity index (χ0n) is 6.05. The van der Waals surface area contributed by atoms with Gasteiger partial charge in [0.2, 0.25) is 0 Å². The second-order valence-electron chi connectivity index (χ2n) is 0. The van der Waals surface area contributed by atoms with Crippen molar-refractivity contribution in [3.63, 3.8) is 0 Å². The van der Waals surface area contributed by atoms with E-state index in [0.29, 0.717) is 0 Å². The van der Waals surface area contributed by atoms with Gasteiger partial charge in [-0.25, -0.2) is 0 Å². The van der Waals surface area contributed by atoms with Gasteiger partial charge in [0.05, 0.1) is 0 Å². The summed E-state index contributed by atoms with van der Waals surface area (Å²) in [6.45, 7) is 0. The molecule has 0 nitrogen and oxygen atoms in total. The molecule has 0 saturated carbocycles. The van der Waals surface area contributed by atoms with Crippen LogP contribution in [0.1, 0.15) is 1.43 Å². The van der Waals surface area contributed by atoms with Crippen LogP contribution in [-0.2, 0) is 0 Å². The van der Waals surface area contributed by atoms with Gasteiger partial charge >= 0.3 is 51.4 Å². The Morgan fingerprint density at radius 1 is 0.455 bits per heavy atom. The normalized spacial score (nSPS) is 0. The van der Waals surface area contributed by atoms with Crippen LogP contribution in [0.2, 0.25) is 0 Å². The van der Waals surface area contributed by atoms with Gasteiger partial charge in [-0.15, -0.1) is 99.3 Å². The Balaban J connectivity index is 0. The summed E-state index contributed by atoms with van der Waals surface area (Å²) in [6.07, 6.45) is 0. The molecule has 0 bridgehead atoms. The van der Waals surface area contributed by atoms with E-state index in [2.05, 4.69) is 0 Å². The third kappa shape index (κ3) is 81.6. The molecule has 0 aromatic carbocycles. The monoisotopic (exact) mass is 636 g/mol. The molecule has 0 saturated heterocycles. The molecule has 0 rings (SSSR count). The maximum Gasteiger partial charge on any atom is 1.00 e. The molecule has 0 radical (unpaired) electrons. The summed E-state index contributed by atoms with van der Waals surface area (Å²) >= 11 is 0. The maximum absolute atomic E-state index is 0. The molecule has 0 aromatic heterocycles. The number of rotatable bonds is 0. The van der Waals surface area contributed by atoms with Crippen LogP contribution in [0.5, 0.6) is 0 Å². The Morgan fingerprint density at radius 2 is 0.455 bits per heavy atom. The fourth-order valence-electron chi connectivity index (χ4n) is 0. The van der Waals surface area contributed by atoms with Crippen molar-refractivity contribution >= 4 is 99.3 Å². The molecule has 0 aliphatic rings. The number of hydrogen-bond acceptors (Lipinski definition) is 0. The molecule has 0 heterocycles. The van der Waals surface area contributed by atoms with Gasteiger partial charge in [0.1, 0.15) is 0 Å². The Labute approximate surface area is 224 Å². The minimum Gasteiger partial charge on any atom is -1.00 e. The van der Waals surface area contributed by atoms with E-state index in [1.54, 1.807) is 0 Å². The first-order valence-corrected chi connectivity index (χ1v) is 0. The molecule has 0 unspecified atom stereocenters. The van der Waals surface area contributed by atoms with E-state index in [1.807, 2.05) is 0 Å². The van der Waals surface area contributed by atoms with Crippen molar-refractivity contribution in [3.05, 3.63) is 0 Å². The van der Waals surface area contributed by atoms with E-state index in [9.17, 15) is 0 Å². The molecule has 0 N–H and O–H groups in total. The van der Waals surface area contributed by atoms with Crippen LogP contribution < -0.4 is 51.4 Å². The quantitative estimate of drug-likeness (QED) is 0.338. The summed E-state index contributed by atoms with van der Waals surface area (Å²) in [7, 11) is 0. The van der Waals surface area contributed by atoms with Crippen LogP contribution in [0.15, 0.2) is 0 Å². The summed E-state index contributed by atoms with van der Waals surface area (Å²) < 4.78 is 0. The molecule has 0 aliphatic heterocycles. The fourth-order valence-corrected chi connectivity index (χ4v) is 0. The standard InChI is InChI=1S/8ClH.Er.K.Nd.H/h8*1H;;;;/q;;;;;;;;;+1;;-1. The molecule has 0 aromatic rings. The maximum atomic E-state index is 0. The van der Waals surface area contributed by atoms with E-state index < -0.39 is 0 Å². The molecule has 82 valence electrons. The van der Waals surface area contributed by atoms with Crippen molar-refractivity contribution in [2.75, 3.05) is 0 Å². The molecule has 0 aliphatic carbocycles. The first-order valence-electron chi connectivity index (χ1n) is 0. The largest absolute Gasteiger partial charge is 1.00 e. The van der Waals surface area contributed by atoms with Gasteiger partial charge < -0.3 is 1.43 Å². The fraction of sp³-hybridized carbons (Fsp3) is 0. The van der Waals surface area contributed by atoms with Gasteiger partial charge in [0.15, 0.2) is 0 Å². The van der Waals surface area contributed by atoms with Crippen LogP contribution >= 0.6 is 99.3 Å². The smallest absolute Gasteiger partial charge is 1.00 e. The van der Waals surface area contributed by atoms with Crippen LogP contribution in [0.4, 0.5) is 0 Å². The summed E-state index contributed by atoms with van der Waals surface area (Å²) in [5, 5.41) is 0. The van der Waals surface area contributed by atoms with Crippen molar-refractivity contribution in [1.82, 2.24) is 0 Å². The predicted octanol–water partition coefficient (Wildman–Crippen LogP) is 0.491. The van der Waals surface area contributed by atoms with Crippen LogP contribution in [0.25, 0.3) is 0 Å². The van der Waals surface area contributed by atoms with Crippen LogP contribution in [0, 0.1) is 78.1 Å². The third-order valence-electron chi connectivity index (χ3n) is 0. The summed E-state index contributed by atoms with van der Waals surface area (Å²) in [4.78, 5) is 0. The van der Waals surface area contributed by atoms with Gasteiger partial charge in [0.25, 0.3) is 0 Å². The van der Waals surface area contributed by atoms with E-state index in [-0.39, 0.29) is 230 Å². The van der Waals surface area contributed by atoms with Gasteiger partial charge in [-0.3, -0.25) is 0 Å². The number of hydrogen-bond donors (Lipinski definition) is 0. The summed E-state index contributed by atoms with van der Waals surface area (Å²) in [6, 6.07) is 0.